The molecule has 0 aliphatic rings. The molecule has 2 unspecified atom stereocenters. The van der Waals surface area contributed by atoms with Crippen LogP contribution in [0.5, 0.6) is 0 Å². The lowest BCUT2D eigenvalue weighted by molar-refractivity contribution is 0.484. The van der Waals surface area contributed by atoms with Gasteiger partial charge in [0.15, 0.2) is 0 Å². The molecule has 1 nitrogen and oxygen atoms in total. The highest BCUT2D eigenvalue weighted by molar-refractivity contribution is 9.11. The van der Waals surface area contributed by atoms with Gasteiger partial charge in [-0.05, 0) is 67.4 Å². The van der Waals surface area contributed by atoms with E-state index in [0.29, 0.717) is 12.1 Å². The van der Waals surface area contributed by atoms with Gasteiger partial charge in [-0.1, -0.05) is 0 Å². The summed E-state index contributed by atoms with van der Waals surface area (Å²) in [5.41, 5.74) is 0. The molecule has 0 aromatic carbocycles. The largest absolute Gasteiger partial charge is 0.307 e. The number of aryl methyl sites for hydroxylation is 1. The molecule has 2 rings (SSSR count). The van der Waals surface area contributed by atoms with Gasteiger partial charge in [0.2, 0.25) is 0 Å². The van der Waals surface area contributed by atoms with Gasteiger partial charge in [0.25, 0.3) is 0 Å². The van der Waals surface area contributed by atoms with Gasteiger partial charge in [0.1, 0.15) is 0 Å². The first-order chi connectivity index (χ1) is 8.54. The van der Waals surface area contributed by atoms with Gasteiger partial charge in [-0.15, -0.1) is 22.7 Å². The van der Waals surface area contributed by atoms with Crippen LogP contribution in [0, 0.1) is 6.92 Å². The fourth-order valence-electron chi connectivity index (χ4n) is 2.03. The lowest BCUT2D eigenvalue weighted by Gasteiger charge is -2.18. The Hall–Kier alpha value is -0.160. The van der Waals surface area contributed by atoms with Crippen molar-refractivity contribution in [2.75, 3.05) is 0 Å². The summed E-state index contributed by atoms with van der Waals surface area (Å²) < 4.78 is 1.20. The van der Waals surface area contributed by atoms with Gasteiger partial charge in [-0.25, -0.2) is 0 Å². The Labute approximate surface area is 125 Å². The van der Waals surface area contributed by atoms with Crippen molar-refractivity contribution in [1.29, 1.82) is 0 Å². The fraction of sp³-hybridized carbons (Fsp3) is 0.429. The molecule has 0 saturated carbocycles. The van der Waals surface area contributed by atoms with Crippen molar-refractivity contribution in [2.45, 2.75) is 39.3 Å². The van der Waals surface area contributed by atoms with Crippen LogP contribution in [0.25, 0.3) is 0 Å². The van der Waals surface area contributed by atoms with Gasteiger partial charge in [0, 0.05) is 26.7 Å². The van der Waals surface area contributed by atoms with Crippen LogP contribution in [-0.2, 0) is 6.42 Å². The Morgan fingerprint density at radius 3 is 2.50 bits per heavy atom. The molecule has 2 aromatic heterocycles. The lowest BCUT2D eigenvalue weighted by atomic mass is 10.1. The molecule has 0 bridgehead atoms. The number of halogens is 1. The predicted molar refractivity (Wildman–Crippen MR) is 85.8 cm³/mol. The number of thiophene rings is 2. The van der Waals surface area contributed by atoms with E-state index in [-0.39, 0.29) is 0 Å². The van der Waals surface area contributed by atoms with Crippen LogP contribution >= 0.6 is 38.6 Å². The molecule has 98 valence electrons. The summed E-state index contributed by atoms with van der Waals surface area (Å²) in [7, 11) is 0. The molecular formula is C14H18BrNS2. The third kappa shape index (κ3) is 3.92. The molecular weight excluding hydrogens is 326 g/mol. The second-order valence-corrected chi connectivity index (χ2v) is 8.51. The zero-order valence-electron chi connectivity index (χ0n) is 10.9. The minimum absolute atomic E-state index is 0.414. The monoisotopic (exact) mass is 343 g/mol. The second kappa shape index (κ2) is 6.33. The maximum atomic E-state index is 3.66. The van der Waals surface area contributed by atoms with Crippen LogP contribution in [0.3, 0.4) is 0 Å². The number of hydrogen-bond donors (Lipinski definition) is 1. The summed E-state index contributed by atoms with van der Waals surface area (Å²) in [6, 6.07) is 9.66. The van der Waals surface area contributed by atoms with E-state index in [1.807, 2.05) is 11.3 Å². The first-order valence-corrected chi connectivity index (χ1v) is 8.54. The molecule has 0 aliphatic carbocycles. The summed E-state index contributed by atoms with van der Waals surface area (Å²) in [6.45, 7) is 6.65. The third-order valence-electron chi connectivity index (χ3n) is 2.86. The summed E-state index contributed by atoms with van der Waals surface area (Å²) in [6.07, 6.45) is 1.11. The fourth-order valence-corrected chi connectivity index (χ4v) is 4.48. The van der Waals surface area contributed by atoms with Gasteiger partial charge in [0.05, 0.1) is 3.79 Å². The third-order valence-corrected chi connectivity index (χ3v) is 5.69. The molecule has 0 spiro atoms. The normalized spacial score (nSPS) is 14.7. The molecule has 2 aromatic rings. The number of hydrogen-bond acceptors (Lipinski definition) is 3. The quantitative estimate of drug-likeness (QED) is 0.790. The number of rotatable bonds is 5. The SMILES string of the molecule is Cc1ccc(CC(C)NC(C)c2ccc(Br)s2)s1. The minimum Gasteiger partial charge on any atom is -0.307 e. The maximum absolute atomic E-state index is 3.66. The highest BCUT2D eigenvalue weighted by Gasteiger charge is 2.12. The topological polar surface area (TPSA) is 12.0 Å². The molecule has 2 heterocycles. The zero-order valence-corrected chi connectivity index (χ0v) is 14.1. The maximum Gasteiger partial charge on any atom is 0.0701 e. The molecule has 0 fully saturated rings. The summed E-state index contributed by atoms with van der Waals surface area (Å²) in [5.74, 6) is 0. The Morgan fingerprint density at radius 2 is 1.94 bits per heavy atom. The second-order valence-electron chi connectivity index (χ2n) is 4.65. The van der Waals surface area contributed by atoms with Gasteiger partial charge < -0.3 is 5.32 Å². The van der Waals surface area contributed by atoms with Crippen molar-refractivity contribution < 1.29 is 0 Å². The predicted octanol–water partition coefficient (Wildman–Crippen LogP) is 5.16. The van der Waals surface area contributed by atoms with Crippen LogP contribution in [0.4, 0.5) is 0 Å². The van der Waals surface area contributed by atoms with Crippen molar-refractivity contribution in [2.24, 2.45) is 0 Å². The summed E-state index contributed by atoms with van der Waals surface area (Å²) in [4.78, 5) is 4.25. The Balaban J connectivity index is 1.89. The Kier molecular flexibility index (Phi) is 5.01. The van der Waals surface area contributed by atoms with Crippen LogP contribution in [0.1, 0.15) is 34.5 Å². The summed E-state index contributed by atoms with van der Waals surface area (Å²) >= 11 is 7.22. The van der Waals surface area contributed by atoms with E-state index in [0.717, 1.165) is 6.42 Å². The van der Waals surface area contributed by atoms with E-state index < -0.39 is 0 Å². The van der Waals surface area contributed by atoms with Crippen molar-refractivity contribution in [3.05, 3.63) is 42.7 Å². The first-order valence-electron chi connectivity index (χ1n) is 6.11. The molecule has 0 aliphatic heterocycles. The zero-order chi connectivity index (χ0) is 13.1. The van der Waals surface area contributed by atoms with Crippen LogP contribution in [-0.4, -0.2) is 6.04 Å². The Morgan fingerprint density at radius 1 is 1.17 bits per heavy atom. The van der Waals surface area contributed by atoms with Crippen molar-refractivity contribution in [3.63, 3.8) is 0 Å². The Bertz CT molecular complexity index is 503. The van der Waals surface area contributed by atoms with Crippen molar-refractivity contribution in [3.8, 4) is 0 Å². The molecule has 2 atom stereocenters. The lowest BCUT2D eigenvalue weighted by Crippen LogP contribution is -2.30. The molecule has 0 radical (unpaired) electrons. The first kappa shape index (κ1) is 14.3. The molecule has 18 heavy (non-hydrogen) atoms. The average molecular weight is 344 g/mol. The van der Waals surface area contributed by atoms with Crippen molar-refractivity contribution >= 4 is 38.6 Å². The molecule has 0 amide bonds. The average Bonchev–Trinajstić information content (AvgIpc) is 2.87. The molecule has 4 heteroatoms. The molecule has 0 saturated heterocycles. The van der Waals surface area contributed by atoms with Gasteiger partial charge in [-0.3, -0.25) is 0 Å². The van der Waals surface area contributed by atoms with Crippen LogP contribution in [0.15, 0.2) is 28.1 Å². The van der Waals surface area contributed by atoms with E-state index >= 15 is 0 Å². The van der Waals surface area contributed by atoms with E-state index in [4.69, 9.17) is 0 Å². The van der Waals surface area contributed by atoms with Crippen LogP contribution in [0.2, 0.25) is 0 Å². The van der Waals surface area contributed by atoms with E-state index in [1.54, 1.807) is 11.3 Å². The molecule has 1 N–H and O–H groups in total. The number of nitrogens with one attached hydrogen (secondary N) is 1. The highest BCUT2D eigenvalue weighted by Crippen LogP contribution is 2.27. The van der Waals surface area contributed by atoms with E-state index in [2.05, 4.69) is 66.3 Å². The van der Waals surface area contributed by atoms with E-state index in [1.165, 1.54) is 18.4 Å². The van der Waals surface area contributed by atoms with Crippen LogP contribution < -0.4 is 5.32 Å². The minimum atomic E-state index is 0.414. The van der Waals surface area contributed by atoms with E-state index in [9.17, 15) is 0 Å². The smallest absolute Gasteiger partial charge is 0.0701 e. The van der Waals surface area contributed by atoms with Gasteiger partial charge in [-0.2, -0.15) is 0 Å². The van der Waals surface area contributed by atoms with Crippen molar-refractivity contribution in [1.82, 2.24) is 5.32 Å². The van der Waals surface area contributed by atoms with Gasteiger partial charge >= 0.3 is 0 Å². The standard InChI is InChI=1S/C14H18BrNS2/c1-9(8-12-5-4-10(2)17-12)16-11(3)13-6-7-14(15)18-13/h4-7,9,11,16H,8H2,1-3H3. The highest BCUT2D eigenvalue weighted by atomic mass is 79.9. The summed E-state index contributed by atoms with van der Waals surface area (Å²) in [5, 5.41) is 3.66.